The molecule has 4 nitrogen and oxygen atoms in total. The highest BCUT2D eigenvalue weighted by Crippen LogP contribution is 2.64. The van der Waals surface area contributed by atoms with Crippen LogP contribution in [0.1, 0.15) is 44.1 Å². The minimum absolute atomic E-state index is 0.134. The minimum atomic E-state index is -0.134. The molecule has 26 heavy (non-hydrogen) atoms. The van der Waals surface area contributed by atoms with Crippen molar-refractivity contribution in [3.63, 3.8) is 0 Å². The topological polar surface area (TPSA) is 47.6 Å². The summed E-state index contributed by atoms with van der Waals surface area (Å²) in [5.41, 5.74) is 1.01. The van der Waals surface area contributed by atoms with E-state index in [0.29, 0.717) is 6.54 Å². The number of amides is 1. The molecule has 4 bridgehead atoms. The Kier molecular flexibility index (Phi) is 4.70. The Balaban J connectivity index is 1.37. The molecule has 2 unspecified atom stereocenters. The normalized spacial score (nSPS) is 34.6. The zero-order valence-electron chi connectivity index (χ0n) is 15.6. The van der Waals surface area contributed by atoms with Crippen LogP contribution in [-0.2, 0) is 11.2 Å². The van der Waals surface area contributed by atoms with Gasteiger partial charge in [0.25, 0.3) is 0 Å². The van der Waals surface area contributed by atoms with Gasteiger partial charge in [-0.15, -0.1) is 0 Å². The van der Waals surface area contributed by atoms with Crippen LogP contribution in [0.25, 0.3) is 0 Å². The van der Waals surface area contributed by atoms with Crippen LogP contribution < -0.4 is 14.8 Å². The summed E-state index contributed by atoms with van der Waals surface area (Å²) in [5, 5.41) is 3.24. The van der Waals surface area contributed by atoms with E-state index in [9.17, 15) is 4.79 Å². The average Bonchev–Trinajstić information content (AvgIpc) is 2.59. The Morgan fingerprint density at radius 1 is 1.15 bits per heavy atom. The number of benzene rings is 1. The summed E-state index contributed by atoms with van der Waals surface area (Å²) < 4.78 is 10.9. The summed E-state index contributed by atoms with van der Waals surface area (Å²) in [4.78, 5) is 13.1. The molecular formula is C21H28BrNO3. The number of nitrogens with one attached hydrogen (secondary N) is 1. The quantitative estimate of drug-likeness (QED) is 0.703. The zero-order chi connectivity index (χ0) is 18.4. The van der Waals surface area contributed by atoms with Gasteiger partial charge in [0, 0.05) is 10.9 Å². The van der Waals surface area contributed by atoms with Gasteiger partial charge in [-0.25, -0.2) is 0 Å². The number of carbonyl (C=O) groups excluding carboxylic acids is 1. The van der Waals surface area contributed by atoms with Crippen LogP contribution in [0.5, 0.6) is 11.5 Å². The van der Waals surface area contributed by atoms with Crippen molar-refractivity contribution in [1.82, 2.24) is 5.32 Å². The van der Waals surface area contributed by atoms with Crippen LogP contribution in [0.15, 0.2) is 18.2 Å². The number of hydrogen-bond acceptors (Lipinski definition) is 3. The van der Waals surface area contributed by atoms with Crippen molar-refractivity contribution >= 4 is 21.8 Å². The van der Waals surface area contributed by atoms with Gasteiger partial charge < -0.3 is 14.8 Å². The smallest absolute Gasteiger partial charge is 0.226 e. The monoisotopic (exact) mass is 421 g/mol. The summed E-state index contributed by atoms with van der Waals surface area (Å²) in [7, 11) is 3.28. The highest BCUT2D eigenvalue weighted by atomic mass is 79.9. The summed E-state index contributed by atoms with van der Waals surface area (Å²) in [6.45, 7) is 0.667. The van der Waals surface area contributed by atoms with E-state index in [2.05, 4.69) is 21.2 Å². The van der Waals surface area contributed by atoms with Gasteiger partial charge in [-0.05, 0) is 74.5 Å². The third-order valence-electron chi connectivity index (χ3n) is 6.62. The Bertz CT molecular complexity index is 690. The lowest BCUT2D eigenvalue weighted by molar-refractivity contribution is -0.143. The molecule has 0 aliphatic heterocycles. The van der Waals surface area contributed by atoms with Crippen molar-refractivity contribution in [3.8, 4) is 11.5 Å². The number of methoxy groups -OCH3 is 2. The number of halogens is 1. The molecule has 4 aliphatic rings. The molecule has 4 fully saturated rings. The summed E-state index contributed by atoms with van der Waals surface area (Å²) in [5.74, 6) is 3.20. The van der Waals surface area contributed by atoms with Crippen LogP contribution in [0.3, 0.4) is 0 Å². The first-order valence-corrected chi connectivity index (χ1v) is 10.4. The molecule has 1 aromatic carbocycles. The predicted molar refractivity (Wildman–Crippen MR) is 105 cm³/mol. The van der Waals surface area contributed by atoms with Crippen molar-refractivity contribution in [2.45, 2.75) is 49.3 Å². The summed E-state index contributed by atoms with van der Waals surface area (Å²) in [6, 6.07) is 5.94. The Hall–Kier alpha value is -1.23. The second-order valence-corrected chi connectivity index (χ2v) is 10.3. The van der Waals surface area contributed by atoms with Gasteiger partial charge in [-0.3, -0.25) is 4.79 Å². The maximum absolute atomic E-state index is 13.1. The molecule has 0 radical (unpaired) electrons. The fourth-order valence-corrected chi connectivity index (χ4v) is 7.41. The molecule has 1 aromatic rings. The zero-order valence-corrected chi connectivity index (χ0v) is 17.2. The van der Waals surface area contributed by atoms with E-state index in [1.807, 2.05) is 18.2 Å². The lowest BCUT2D eigenvalue weighted by Crippen LogP contribution is -2.58. The van der Waals surface area contributed by atoms with Crippen LogP contribution in [0.2, 0.25) is 0 Å². The molecule has 142 valence electrons. The number of rotatable bonds is 6. The van der Waals surface area contributed by atoms with E-state index < -0.39 is 0 Å². The van der Waals surface area contributed by atoms with E-state index in [4.69, 9.17) is 9.47 Å². The number of carbonyl (C=O) groups is 1. The van der Waals surface area contributed by atoms with Gasteiger partial charge in [0.1, 0.15) is 0 Å². The van der Waals surface area contributed by atoms with Crippen molar-refractivity contribution in [2.75, 3.05) is 20.8 Å². The SMILES string of the molecule is COc1ccc(CCNC(=O)C23C[C@@H]4C[C@@H](CC(Br)(C4)C2)C3)cc1OC. The summed E-state index contributed by atoms with van der Waals surface area (Å²) in [6.07, 6.45) is 7.81. The molecule has 5 rings (SSSR count). The van der Waals surface area contributed by atoms with Crippen LogP contribution in [0.4, 0.5) is 0 Å². The van der Waals surface area contributed by atoms with Crippen molar-refractivity contribution in [3.05, 3.63) is 23.8 Å². The Morgan fingerprint density at radius 3 is 2.46 bits per heavy atom. The highest BCUT2D eigenvalue weighted by molar-refractivity contribution is 9.10. The van der Waals surface area contributed by atoms with E-state index in [1.54, 1.807) is 14.2 Å². The molecule has 4 saturated carbocycles. The van der Waals surface area contributed by atoms with Gasteiger partial charge in [-0.2, -0.15) is 0 Å². The third kappa shape index (κ3) is 3.23. The molecular weight excluding hydrogens is 394 g/mol. The molecule has 0 saturated heterocycles. The maximum atomic E-state index is 13.1. The van der Waals surface area contributed by atoms with Gasteiger partial charge in [0.2, 0.25) is 5.91 Å². The fraction of sp³-hybridized carbons (Fsp3) is 0.667. The number of ether oxygens (including phenoxy) is 2. The summed E-state index contributed by atoms with van der Waals surface area (Å²) >= 11 is 3.99. The maximum Gasteiger partial charge on any atom is 0.226 e. The average molecular weight is 422 g/mol. The van der Waals surface area contributed by atoms with Gasteiger partial charge in [-0.1, -0.05) is 22.0 Å². The molecule has 1 N–H and O–H groups in total. The first-order chi connectivity index (χ1) is 12.5. The Labute approximate surface area is 164 Å². The number of alkyl halides is 1. The molecule has 0 spiro atoms. The lowest BCUT2D eigenvalue weighted by atomic mass is 9.49. The van der Waals surface area contributed by atoms with Crippen molar-refractivity contribution in [1.29, 1.82) is 0 Å². The van der Waals surface area contributed by atoms with Gasteiger partial charge in [0.05, 0.1) is 19.6 Å². The van der Waals surface area contributed by atoms with E-state index in [1.165, 1.54) is 19.3 Å². The largest absolute Gasteiger partial charge is 0.493 e. The first kappa shape index (κ1) is 18.1. The molecule has 4 aliphatic carbocycles. The first-order valence-electron chi connectivity index (χ1n) is 9.63. The highest BCUT2D eigenvalue weighted by Gasteiger charge is 2.59. The fourth-order valence-electron chi connectivity index (χ4n) is 5.96. The number of hydrogen-bond donors (Lipinski definition) is 1. The molecule has 0 aromatic heterocycles. The third-order valence-corrected chi connectivity index (χ3v) is 7.55. The van der Waals surface area contributed by atoms with Crippen LogP contribution in [-0.4, -0.2) is 31.0 Å². The van der Waals surface area contributed by atoms with Crippen LogP contribution in [0, 0.1) is 17.3 Å². The van der Waals surface area contributed by atoms with Gasteiger partial charge >= 0.3 is 0 Å². The molecule has 0 heterocycles. The van der Waals surface area contributed by atoms with Gasteiger partial charge in [0.15, 0.2) is 11.5 Å². The van der Waals surface area contributed by atoms with E-state index in [0.717, 1.165) is 54.6 Å². The second kappa shape index (κ2) is 6.74. The standard InChI is InChI=1S/C21H28BrNO3/c1-25-17-4-3-14(8-18(17)26-2)5-6-23-19(24)20-9-15-7-16(10-20)12-21(22,11-15)13-20/h3-4,8,15-16H,5-7,9-13H2,1-2H3,(H,23,24)/t15-,16+,20?,21?. The predicted octanol–water partition coefficient (Wildman–Crippen LogP) is 4.10. The molecule has 1 amide bonds. The van der Waals surface area contributed by atoms with Crippen LogP contribution >= 0.6 is 15.9 Å². The lowest BCUT2D eigenvalue weighted by Gasteiger charge is -2.59. The molecule has 4 atom stereocenters. The Morgan fingerprint density at radius 2 is 1.85 bits per heavy atom. The van der Waals surface area contributed by atoms with E-state index in [-0.39, 0.29) is 15.6 Å². The second-order valence-electron chi connectivity index (χ2n) is 8.59. The van der Waals surface area contributed by atoms with Crippen molar-refractivity contribution < 1.29 is 14.3 Å². The minimum Gasteiger partial charge on any atom is -0.493 e. The van der Waals surface area contributed by atoms with E-state index >= 15 is 0 Å². The van der Waals surface area contributed by atoms with Crippen molar-refractivity contribution in [2.24, 2.45) is 17.3 Å². The molecule has 5 heteroatoms.